The van der Waals surface area contributed by atoms with Crippen molar-refractivity contribution in [2.75, 3.05) is 17.7 Å². The molecule has 2 aromatic heterocycles. The molecule has 0 aliphatic carbocycles. The summed E-state index contributed by atoms with van der Waals surface area (Å²) in [4.78, 5) is 12.9. The molecule has 0 saturated heterocycles. The minimum atomic E-state index is -0.109. The summed E-state index contributed by atoms with van der Waals surface area (Å²) in [7, 11) is 0. The predicted octanol–water partition coefficient (Wildman–Crippen LogP) is 1.42. The molecule has 2 rings (SSSR count). The van der Waals surface area contributed by atoms with Crippen molar-refractivity contribution in [3.63, 3.8) is 0 Å². The summed E-state index contributed by atoms with van der Waals surface area (Å²) in [5, 5.41) is 12.5. The molecule has 2 heterocycles. The Hall–Kier alpha value is -1.89. The van der Waals surface area contributed by atoms with Crippen LogP contribution in [0.1, 0.15) is 33.7 Å². The summed E-state index contributed by atoms with van der Waals surface area (Å²) in [6, 6.07) is 0.128. The lowest BCUT2D eigenvalue weighted by Gasteiger charge is -2.20. The third-order valence-corrected chi connectivity index (χ3v) is 3.32. The Bertz CT molecular complexity index is 592. The van der Waals surface area contributed by atoms with Gasteiger partial charge in [-0.15, -0.1) is 0 Å². The Morgan fingerprint density at radius 2 is 2.00 bits per heavy atom. The van der Waals surface area contributed by atoms with Crippen molar-refractivity contribution in [2.24, 2.45) is 5.92 Å². The number of imidazole rings is 1. The van der Waals surface area contributed by atoms with Gasteiger partial charge in [0.15, 0.2) is 11.5 Å². The van der Waals surface area contributed by atoms with Crippen LogP contribution in [0.15, 0.2) is 6.33 Å². The Labute approximate surface area is 118 Å². The number of aromatic nitrogens is 4. The standard InChI is InChI=1S/C13H22N6O/c1-7(2)9(5-20)16-13-17-11(14)10-12(18-13)19(6-15-10)8(3)4/h6-9,20H,5H2,1-4H3,(H3,14,16,17,18). The molecule has 1 unspecified atom stereocenters. The van der Waals surface area contributed by atoms with Crippen LogP contribution >= 0.6 is 0 Å². The fourth-order valence-corrected chi connectivity index (χ4v) is 1.97. The summed E-state index contributed by atoms with van der Waals surface area (Å²) in [6.45, 7) is 8.17. The normalized spacial score (nSPS) is 13.3. The predicted molar refractivity (Wildman–Crippen MR) is 79.5 cm³/mol. The molecule has 0 aromatic carbocycles. The number of anilines is 2. The van der Waals surface area contributed by atoms with E-state index in [1.165, 1.54) is 0 Å². The van der Waals surface area contributed by atoms with Gasteiger partial charge < -0.3 is 20.7 Å². The highest BCUT2D eigenvalue weighted by molar-refractivity contribution is 5.82. The first-order chi connectivity index (χ1) is 9.43. The van der Waals surface area contributed by atoms with Crippen LogP contribution in [0.25, 0.3) is 11.2 Å². The SMILES string of the molecule is CC(C)C(CO)Nc1nc(N)c2ncn(C(C)C)c2n1. The maximum absolute atomic E-state index is 9.38. The highest BCUT2D eigenvalue weighted by atomic mass is 16.3. The summed E-state index contributed by atoms with van der Waals surface area (Å²) in [5.41, 5.74) is 7.24. The third-order valence-electron chi connectivity index (χ3n) is 3.32. The summed E-state index contributed by atoms with van der Waals surface area (Å²) >= 11 is 0. The lowest BCUT2D eigenvalue weighted by atomic mass is 10.1. The first-order valence-corrected chi connectivity index (χ1v) is 6.81. The van der Waals surface area contributed by atoms with E-state index in [4.69, 9.17) is 5.73 Å². The van der Waals surface area contributed by atoms with Gasteiger partial charge in [-0.05, 0) is 19.8 Å². The van der Waals surface area contributed by atoms with Crippen molar-refractivity contribution in [1.82, 2.24) is 19.5 Å². The zero-order valence-corrected chi connectivity index (χ0v) is 12.3. The monoisotopic (exact) mass is 278 g/mol. The fraction of sp³-hybridized carbons (Fsp3) is 0.615. The Morgan fingerprint density at radius 1 is 1.30 bits per heavy atom. The van der Waals surface area contributed by atoms with Crippen LogP contribution in [0, 0.1) is 5.92 Å². The van der Waals surface area contributed by atoms with E-state index in [1.54, 1.807) is 6.33 Å². The van der Waals surface area contributed by atoms with E-state index < -0.39 is 0 Å². The number of rotatable bonds is 5. The van der Waals surface area contributed by atoms with E-state index in [1.807, 2.05) is 18.4 Å². The van der Waals surface area contributed by atoms with Crippen molar-refractivity contribution >= 4 is 22.9 Å². The van der Waals surface area contributed by atoms with Crippen LogP contribution in [0.2, 0.25) is 0 Å². The van der Waals surface area contributed by atoms with Gasteiger partial charge in [0.25, 0.3) is 0 Å². The highest BCUT2D eigenvalue weighted by Crippen LogP contribution is 2.21. The van der Waals surface area contributed by atoms with Gasteiger partial charge in [-0.2, -0.15) is 9.97 Å². The smallest absolute Gasteiger partial charge is 0.227 e. The number of nitrogens with one attached hydrogen (secondary N) is 1. The molecule has 2 aromatic rings. The van der Waals surface area contributed by atoms with Crippen molar-refractivity contribution < 1.29 is 5.11 Å². The number of nitrogens with zero attached hydrogens (tertiary/aromatic N) is 4. The maximum Gasteiger partial charge on any atom is 0.227 e. The zero-order valence-electron chi connectivity index (χ0n) is 12.3. The topological polar surface area (TPSA) is 102 Å². The Kier molecular flexibility index (Phi) is 4.08. The summed E-state index contributed by atoms with van der Waals surface area (Å²) in [6.07, 6.45) is 1.72. The average molecular weight is 278 g/mol. The van der Waals surface area contributed by atoms with Gasteiger partial charge in [0, 0.05) is 6.04 Å². The minimum Gasteiger partial charge on any atom is -0.394 e. The molecule has 0 spiro atoms. The maximum atomic E-state index is 9.38. The molecule has 0 bridgehead atoms. The number of nitrogen functional groups attached to an aromatic ring is 1. The van der Waals surface area contributed by atoms with E-state index in [9.17, 15) is 5.11 Å². The van der Waals surface area contributed by atoms with Gasteiger partial charge in [0.05, 0.1) is 19.0 Å². The van der Waals surface area contributed by atoms with E-state index in [-0.39, 0.29) is 24.6 Å². The average Bonchev–Trinajstić information content (AvgIpc) is 2.79. The highest BCUT2D eigenvalue weighted by Gasteiger charge is 2.17. The molecule has 7 heteroatoms. The largest absolute Gasteiger partial charge is 0.394 e. The van der Waals surface area contributed by atoms with Gasteiger partial charge in [-0.1, -0.05) is 13.8 Å². The molecular weight excluding hydrogens is 256 g/mol. The molecule has 0 aliphatic heterocycles. The Balaban J connectivity index is 2.42. The molecule has 20 heavy (non-hydrogen) atoms. The molecule has 0 radical (unpaired) electrons. The van der Waals surface area contributed by atoms with Gasteiger partial charge in [-0.3, -0.25) is 0 Å². The van der Waals surface area contributed by atoms with Crippen molar-refractivity contribution in [1.29, 1.82) is 0 Å². The lowest BCUT2D eigenvalue weighted by molar-refractivity contribution is 0.248. The van der Waals surface area contributed by atoms with Crippen molar-refractivity contribution in [2.45, 2.75) is 39.8 Å². The van der Waals surface area contributed by atoms with Crippen LogP contribution in [0.5, 0.6) is 0 Å². The molecule has 0 fully saturated rings. The minimum absolute atomic E-state index is 0.0163. The molecule has 4 N–H and O–H groups in total. The van der Waals surface area contributed by atoms with Crippen molar-refractivity contribution in [3.8, 4) is 0 Å². The second kappa shape index (κ2) is 5.62. The van der Waals surface area contributed by atoms with Gasteiger partial charge in [0.1, 0.15) is 5.52 Å². The number of nitrogens with two attached hydrogens (primary N) is 1. The Morgan fingerprint density at radius 3 is 2.55 bits per heavy atom. The van der Waals surface area contributed by atoms with Crippen LogP contribution < -0.4 is 11.1 Å². The molecule has 7 nitrogen and oxygen atoms in total. The molecule has 0 amide bonds. The molecule has 110 valence electrons. The molecule has 0 aliphatic rings. The van der Waals surface area contributed by atoms with Crippen molar-refractivity contribution in [3.05, 3.63) is 6.33 Å². The second-order valence-corrected chi connectivity index (χ2v) is 5.53. The van der Waals surface area contributed by atoms with Crippen LogP contribution in [-0.2, 0) is 0 Å². The molecular formula is C13H22N6O. The van der Waals surface area contributed by atoms with E-state index in [2.05, 4.69) is 34.1 Å². The van der Waals surface area contributed by atoms with E-state index in [0.717, 1.165) is 0 Å². The van der Waals surface area contributed by atoms with Gasteiger partial charge in [0.2, 0.25) is 5.95 Å². The number of aliphatic hydroxyl groups excluding tert-OH is 1. The second-order valence-electron chi connectivity index (χ2n) is 5.53. The lowest BCUT2D eigenvalue weighted by Crippen LogP contribution is -2.30. The first kappa shape index (κ1) is 14.5. The van der Waals surface area contributed by atoms with E-state index in [0.29, 0.717) is 22.9 Å². The van der Waals surface area contributed by atoms with Crippen LogP contribution in [-0.4, -0.2) is 37.3 Å². The van der Waals surface area contributed by atoms with Crippen LogP contribution in [0.3, 0.4) is 0 Å². The van der Waals surface area contributed by atoms with Gasteiger partial charge >= 0.3 is 0 Å². The third kappa shape index (κ3) is 2.67. The molecule has 0 saturated carbocycles. The first-order valence-electron chi connectivity index (χ1n) is 6.81. The molecule has 1 atom stereocenters. The van der Waals surface area contributed by atoms with E-state index >= 15 is 0 Å². The number of fused-ring (bicyclic) bond motifs is 1. The number of hydrogen-bond acceptors (Lipinski definition) is 6. The zero-order chi connectivity index (χ0) is 14.9. The summed E-state index contributed by atoms with van der Waals surface area (Å²) in [5.74, 6) is 1.03. The number of aliphatic hydroxyl groups is 1. The number of hydrogen-bond donors (Lipinski definition) is 3. The van der Waals surface area contributed by atoms with Gasteiger partial charge in [-0.25, -0.2) is 4.98 Å². The van der Waals surface area contributed by atoms with Crippen LogP contribution in [0.4, 0.5) is 11.8 Å². The fourth-order valence-electron chi connectivity index (χ4n) is 1.97. The quantitative estimate of drug-likeness (QED) is 0.764. The summed E-state index contributed by atoms with van der Waals surface area (Å²) < 4.78 is 1.95.